The Balaban J connectivity index is 3.12. The number of rotatable bonds is 12. The smallest absolute Gasteiger partial charge is 0.326 e. The van der Waals surface area contributed by atoms with Crippen molar-refractivity contribution in [1.29, 1.82) is 0 Å². The van der Waals surface area contributed by atoms with E-state index in [4.69, 9.17) is 11.5 Å². The third-order valence-electron chi connectivity index (χ3n) is 4.48. The highest BCUT2D eigenvalue weighted by Crippen LogP contribution is 2.12. The third-order valence-corrected chi connectivity index (χ3v) is 4.48. The zero-order chi connectivity index (χ0) is 24.4. The van der Waals surface area contributed by atoms with Gasteiger partial charge in [-0.15, -0.1) is 0 Å². The topological polar surface area (TPSA) is 214 Å². The molecular formula is C20H29N5O7. The summed E-state index contributed by atoms with van der Waals surface area (Å²) in [6, 6.07) is 1.98. The van der Waals surface area contributed by atoms with Gasteiger partial charge in [0.25, 0.3) is 0 Å². The van der Waals surface area contributed by atoms with E-state index < -0.39 is 54.1 Å². The summed E-state index contributed by atoms with van der Waals surface area (Å²) in [5, 5.41) is 25.9. The summed E-state index contributed by atoms with van der Waals surface area (Å²) in [4.78, 5) is 59.8. The Bertz CT molecular complexity index is 841. The van der Waals surface area contributed by atoms with E-state index in [9.17, 15) is 34.2 Å². The zero-order valence-electron chi connectivity index (χ0n) is 17.8. The fraction of sp³-hybridized carbons (Fsp3) is 0.450. The maximum Gasteiger partial charge on any atom is 0.326 e. The van der Waals surface area contributed by atoms with E-state index in [2.05, 4.69) is 16.0 Å². The van der Waals surface area contributed by atoms with Gasteiger partial charge in [0.15, 0.2) is 0 Å². The molecule has 0 fully saturated rings. The molecule has 0 spiro atoms. The Morgan fingerprint density at radius 2 is 1.50 bits per heavy atom. The van der Waals surface area contributed by atoms with Crippen LogP contribution in [0.3, 0.4) is 0 Å². The predicted octanol–water partition coefficient (Wildman–Crippen LogP) is -2.04. The minimum Gasteiger partial charge on any atom is -0.508 e. The lowest BCUT2D eigenvalue weighted by molar-refractivity contribution is -0.143. The number of hydrogen-bond donors (Lipinski definition) is 7. The van der Waals surface area contributed by atoms with Gasteiger partial charge in [0.05, 0.1) is 13.0 Å². The maximum absolute atomic E-state index is 12.8. The lowest BCUT2D eigenvalue weighted by atomic mass is 10.0. The number of aromatic hydroxyl groups is 1. The number of phenols is 1. The molecule has 0 aliphatic heterocycles. The number of aliphatic carboxylic acids is 1. The van der Waals surface area contributed by atoms with Crippen molar-refractivity contribution in [3.05, 3.63) is 29.8 Å². The highest BCUT2D eigenvalue weighted by atomic mass is 16.4. The molecule has 0 saturated carbocycles. The first kappa shape index (κ1) is 26.4. The molecule has 0 saturated heterocycles. The van der Waals surface area contributed by atoms with Crippen molar-refractivity contribution in [3.8, 4) is 5.75 Å². The monoisotopic (exact) mass is 451 g/mol. The highest BCUT2D eigenvalue weighted by Gasteiger charge is 2.31. The molecule has 32 heavy (non-hydrogen) atoms. The number of carboxylic acid groups (broad SMARTS) is 1. The van der Waals surface area contributed by atoms with Gasteiger partial charge in [-0.25, -0.2) is 4.79 Å². The molecule has 3 atom stereocenters. The number of amides is 4. The molecule has 0 aromatic heterocycles. The standard InChI is InChI=1S/C20H29N5O7/c1-10(2)17(25-16(28)9-21)19(30)23-13(7-11-3-5-12(26)6-4-11)18(29)24-14(20(31)32)8-15(22)27/h3-6,10,13-14,17,26H,7-9,21H2,1-2H3,(H2,22,27)(H,23,30)(H,24,29)(H,25,28)(H,31,32). The molecule has 176 valence electrons. The van der Waals surface area contributed by atoms with Gasteiger partial charge in [0, 0.05) is 6.42 Å². The summed E-state index contributed by atoms with van der Waals surface area (Å²) in [5.41, 5.74) is 10.9. The molecule has 12 heteroatoms. The first-order valence-electron chi connectivity index (χ1n) is 9.83. The molecule has 12 nitrogen and oxygen atoms in total. The second-order valence-corrected chi connectivity index (χ2v) is 7.49. The van der Waals surface area contributed by atoms with Crippen LogP contribution in [0, 0.1) is 5.92 Å². The number of hydrogen-bond acceptors (Lipinski definition) is 7. The van der Waals surface area contributed by atoms with E-state index in [0.717, 1.165) is 0 Å². The van der Waals surface area contributed by atoms with Crippen molar-refractivity contribution >= 4 is 29.6 Å². The molecule has 0 aliphatic rings. The highest BCUT2D eigenvalue weighted by molar-refractivity contribution is 5.94. The average molecular weight is 451 g/mol. The third kappa shape index (κ3) is 8.60. The number of nitrogens with one attached hydrogen (secondary N) is 3. The lowest BCUT2D eigenvalue weighted by Gasteiger charge is -2.26. The van der Waals surface area contributed by atoms with Crippen LogP contribution in [-0.4, -0.2) is 64.5 Å². The van der Waals surface area contributed by atoms with Crippen molar-refractivity contribution in [3.63, 3.8) is 0 Å². The largest absolute Gasteiger partial charge is 0.508 e. The Hall–Kier alpha value is -3.67. The first-order valence-corrected chi connectivity index (χ1v) is 9.83. The number of carboxylic acids is 1. The summed E-state index contributed by atoms with van der Waals surface area (Å²) in [5.74, 6) is -4.86. The summed E-state index contributed by atoms with van der Waals surface area (Å²) in [6.45, 7) is 3.04. The molecule has 1 aromatic rings. The minimum atomic E-state index is -1.59. The molecule has 0 aliphatic carbocycles. The van der Waals surface area contributed by atoms with Gasteiger partial charge in [-0.3, -0.25) is 19.2 Å². The van der Waals surface area contributed by atoms with E-state index >= 15 is 0 Å². The quantitative estimate of drug-likeness (QED) is 0.187. The fourth-order valence-corrected chi connectivity index (χ4v) is 2.78. The Labute approximate surface area is 184 Å². The molecule has 4 amide bonds. The van der Waals surface area contributed by atoms with Crippen LogP contribution in [0.1, 0.15) is 25.8 Å². The summed E-state index contributed by atoms with van der Waals surface area (Å²) < 4.78 is 0. The second kappa shape index (κ2) is 12.2. The molecule has 1 aromatic carbocycles. The SMILES string of the molecule is CC(C)C(NC(=O)CN)C(=O)NC(Cc1ccc(O)cc1)C(=O)NC(CC(N)=O)C(=O)O. The summed E-state index contributed by atoms with van der Waals surface area (Å²) >= 11 is 0. The number of nitrogens with two attached hydrogens (primary N) is 2. The van der Waals surface area contributed by atoms with Gasteiger partial charge >= 0.3 is 5.97 Å². The normalized spacial score (nSPS) is 13.5. The Morgan fingerprint density at radius 3 is 1.97 bits per heavy atom. The van der Waals surface area contributed by atoms with Crippen LogP contribution >= 0.6 is 0 Å². The molecule has 3 unspecified atom stereocenters. The zero-order valence-corrected chi connectivity index (χ0v) is 17.8. The van der Waals surface area contributed by atoms with E-state index in [0.29, 0.717) is 5.56 Å². The van der Waals surface area contributed by atoms with Crippen LogP contribution < -0.4 is 27.4 Å². The van der Waals surface area contributed by atoms with Gasteiger partial charge in [-0.2, -0.15) is 0 Å². The molecule has 0 bridgehead atoms. The maximum atomic E-state index is 12.8. The lowest BCUT2D eigenvalue weighted by Crippen LogP contribution is -2.58. The van der Waals surface area contributed by atoms with Crippen LogP contribution in [-0.2, 0) is 30.4 Å². The number of carbonyl (C=O) groups excluding carboxylic acids is 4. The van der Waals surface area contributed by atoms with Crippen molar-refractivity contribution in [2.75, 3.05) is 6.54 Å². The van der Waals surface area contributed by atoms with E-state index in [1.807, 2.05) is 0 Å². The number of phenolic OH excluding ortho intramolecular Hbond substituents is 1. The van der Waals surface area contributed by atoms with Crippen LogP contribution in [0.15, 0.2) is 24.3 Å². The van der Waals surface area contributed by atoms with Gasteiger partial charge < -0.3 is 37.6 Å². The van der Waals surface area contributed by atoms with Gasteiger partial charge in [0.1, 0.15) is 23.9 Å². The average Bonchev–Trinajstić information content (AvgIpc) is 2.71. The van der Waals surface area contributed by atoms with Crippen LogP contribution in [0.5, 0.6) is 5.75 Å². The molecule has 9 N–H and O–H groups in total. The van der Waals surface area contributed by atoms with Crippen molar-refractivity contribution in [2.45, 2.75) is 44.8 Å². The van der Waals surface area contributed by atoms with Gasteiger partial charge in [-0.05, 0) is 23.6 Å². The van der Waals surface area contributed by atoms with Gasteiger partial charge in [-0.1, -0.05) is 26.0 Å². The molecule has 0 radical (unpaired) electrons. The number of benzene rings is 1. The summed E-state index contributed by atoms with van der Waals surface area (Å²) in [6.07, 6.45) is -0.696. The van der Waals surface area contributed by atoms with Gasteiger partial charge in [0.2, 0.25) is 23.6 Å². The second-order valence-electron chi connectivity index (χ2n) is 7.49. The fourth-order valence-electron chi connectivity index (χ4n) is 2.78. The predicted molar refractivity (Wildman–Crippen MR) is 113 cm³/mol. The molecule has 0 heterocycles. The van der Waals surface area contributed by atoms with Crippen LogP contribution in [0.2, 0.25) is 0 Å². The van der Waals surface area contributed by atoms with Crippen molar-refractivity contribution < 1.29 is 34.2 Å². The molecular weight excluding hydrogens is 422 g/mol. The molecule has 1 rings (SSSR count). The number of primary amides is 1. The summed E-state index contributed by atoms with van der Waals surface area (Å²) in [7, 11) is 0. The van der Waals surface area contributed by atoms with Crippen LogP contribution in [0.4, 0.5) is 0 Å². The van der Waals surface area contributed by atoms with Crippen molar-refractivity contribution in [2.24, 2.45) is 17.4 Å². The Kier molecular flexibility index (Phi) is 10.1. The van der Waals surface area contributed by atoms with Crippen LogP contribution in [0.25, 0.3) is 0 Å². The first-order chi connectivity index (χ1) is 14.9. The van der Waals surface area contributed by atoms with E-state index in [1.165, 1.54) is 24.3 Å². The van der Waals surface area contributed by atoms with Crippen molar-refractivity contribution in [1.82, 2.24) is 16.0 Å². The minimum absolute atomic E-state index is 0.00412. The number of carbonyl (C=O) groups is 5. The Morgan fingerprint density at radius 1 is 0.938 bits per heavy atom. The van der Waals surface area contributed by atoms with E-state index in [1.54, 1.807) is 13.8 Å². The van der Waals surface area contributed by atoms with E-state index in [-0.39, 0.29) is 24.6 Å².